The summed E-state index contributed by atoms with van der Waals surface area (Å²) < 4.78 is 10.9. The Balaban J connectivity index is 1.77. The summed E-state index contributed by atoms with van der Waals surface area (Å²) in [6.45, 7) is 1.79. The van der Waals surface area contributed by atoms with Gasteiger partial charge in [-0.25, -0.2) is 0 Å². The fourth-order valence-electron chi connectivity index (χ4n) is 3.42. The van der Waals surface area contributed by atoms with Gasteiger partial charge in [-0.05, 0) is 24.6 Å². The second kappa shape index (κ2) is 8.66. The average molecular weight is 398 g/mol. The number of benzene rings is 3. The molecule has 1 atom stereocenters. The third kappa shape index (κ3) is 3.96. The number of ketones is 1. The van der Waals surface area contributed by atoms with E-state index in [1.807, 2.05) is 84.9 Å². The molecule has 0 radical (unpaired) electrons. The summed E-state index contributed by atoms with van der Waals surface area (Å²) in [5.41, 5.74) is 3.49. The van der Waals surface area contributed by atoms with Crippen LogP contribution in [0, 0.1) is 6.92 Å². The van der Waals surface area contributed by atoms with Gasteiger partial charge in [0.2, 0.25) is 0 Å². The van der Waals surface area contributed by atoms with E-state index in [1.165, 1.54) is 0 Å². The second-order valence-electron chi connectivity index (χ2n) is 6.92. The van der Waals surface area contributed by atoms with Gasteiger partial charge in [0.15, 0.2) is 11.5 Å². The molecule has 4 aromatic rings. The number of hydrogen-bond acceptors (Lipinski definition) is 5. The van der Waals surface area contributed by atoms with Gasteiger partial charge in [-0.2, -0.15) is 0 Å². The molecule has 0 saturated carbocycles. The Morgan fingerprint density at radius 1 is 0.967 bits per heavy atom. The predicted molar refractivity (Wildman–Crippen MR) is 117 cm³/mol. The van der Waals surface area contributed by atoms with Crippen LogP contribution in [0.15, 0.2) is 89.5 Å². The van der Waals surface area contributed by atoms with Crippen LogP contribution in [0.1, 0.15) is 27.7 Å². The fraction of sp³-hybridized carbons (Fsp3) is 0.120. The Morgan fingerprint density at radius 2 is 1.67 bits per heavy atom. The molecular weight excluding hydrogens is 376 g/mol. The number of aromatic nitrogens is 1. The van der Waals surface area contributed by atoms with Crippen LogP contribution >= 0.6 is 0 Å². The van der Waals surface area contributed by atoms with Crippen molar-refractivity contribution in [1.29, 1.82) is 0 Å². The van der Waals surface area contributed by atoms with Gasteiger partial charge in [0.1, 0.15) is 11.8 Å². The van der Waals surface area contributed by atoms with Crippen LogP contribution in [0.25, 0.3) is 11.3 Å². The third-order valence-electron chi connectivity index (χ3n) is 4.92. The lowest BCUT2D eigenvalue weighted by Gasteiger charge is -2.20. The maximum Gasteiger partial charge on any atom is 0.195 e. The number of carbonyl (C=O) groups is 1. The quantitative estimate of drug-likeness (QED) is 0.405. The van der Waals surface area contributed by atoms with Crippen molar-refractivity contribution in [3.05, 3.63) is 102 Å². The number of anilines is 1. The first-order chi connectivity index (χ1) is 14.7. The zero-order valence-corrected chi connectivity index (χ0v) is 16.8. The maximum absolute atomic E-state index is 13.8. The van der Waals surface area contributed by atoms with Crippen molar-refractivity contribution in [2.75, 3.05) is 12.4 Å². The van der Waals surface area contributed by atoms with Gasteiger partial charge in [-0.1, -0.05) is 71.9 Å². The van der Waals surface area contributed by atoms with Gasteiger partial charge in [0.25, 0.3) is 0 Å². The molecule has 1 N–H and O–H groups in total. The minimum absolute atomic E-state index is 0.110. The lowest BCUT2D eigenvalue weighted by atomic mass is 9.94. The van der Waals surface area contributed by atoms with Crippen LogP contribution in [-0.4, -0.2) is 18.0 Å². The van der Waals surface area contributed by atoms with Gasteiger partial charge in [0.05, 0.1) is 18.4 Å². The minimum atomic E-state index is -0.612. The molecule has 4 rings (SSSR count). The van der Waals surface area contributed by atoms with E-state index in [4.69, 9.17) is 9.26 Å². The molecule has 1 aromatic heterocycles. The Morgan fingerprint density at radius 3 is 2.37 bits per heavy atom. The molecule has 0 spiro atoms. The highest BCUT2D eigenvalue weighted by Gasteiger charge is 2.29. The first-order valence-electron chi connectivity index (χ1n) is 9.69. The smallest absolute Gasteiger partial charge is 0.195 e. The van der Waals surface area contributed by atoms with Crippen LogP contribution in [0.3, 0.4) is 0 Å². The molecule has 5 nitrogen and oxygen atoms in total. The van der Waals surface area contributed by atoms with E-state index in [0.717, 1.165) is 16.8 Å². The zero-order valence-electron chi connectivity index (χ0n) is 16.8. The van der Waals surface area contributed by atoms with Crippen molar-refractivity contribution in [3.63, 3.8) is 0 Å². The molecule has 0 amide bonds. The summed E-state index contributed by atoms with van der Waals surface area (Å²) in [4.78, 5) is 13.8. The lowest BCUT2D eigenvalue weighted by molar-refractivity contribution is 0.0969. The number of nitrogens with zero attached hydrogens (tertiary/aromatic N) is 1. The van der Waals surface area contributed by atoms with Crippen molar-refractivity contribution in [2.24, 2.45) is 0 Å². The number of ether oxygens (including phenoxy) is 1. The highest BCUT2D eigenvalue weighted by Crippen LogP contribution is 2.32. The highest BCUT2D eigenvalue weighted by atomic mass is 16.5. The zero-order chi connectivity index (χ0) is 20.9. The summed E-state index contributed by atoms with van der Waals surface area (Å²) >= 11 is 0. The summed E-state index contributed by atoms with van der Waals surface area (Å²) in [7, 11) is 1.62. The van der Waals surface area contributed by atoms with Gasteiger partial charge in [-0.3, -0.25) is 4.79 Å². The first-order valence-corrected chi connectivity index (χ1v) is 9.69. The molecule has 0 aliphatic carbocycles. The van der Waals surface area contributed by atoms with E-state index in [0.29, 0.717) is 22.8 Å². The molecule has 0 aliphatic heterocycles. The van der Waals surface area contributed by atoms with Crippen molar-refractivity contribution in [3.8, 4) is 17.1 Å². The van der Waals surface area contributed by atoms with Crippen molar-refractivity contribution < 1.29 is 14.1 Å². The Kier molecular flexibility index (Phi) is 5.61. The van der Waals surface area contributed by atoms with Crippen molar-refractivity contribution in [2.45, 2.75) is 13.0 Å². The summed E-state index contributed by atoms with van der Waals surface area (Å²) in [6.07, 6.45) is 0. The lowest BCUT2D eigenvalue weighted by Crippen LogP contribution is -2.22. The summed E-state index contributed by atoms with van der Waals surface area (Å²) in [5.74, 6) is 1.08. The van der Waals surface area contributed by atoms with Gasteiger partial charge >= 0.3 is 0 Å². The van der Waals surface area contributed by atoms with Crippen molar-refractivity contribution >= 4 is 11.5 Å². The molecule has 30 heavy (non-hydrogen) atoms. The molecule has 1 heterocycles. The SMILES string of the molecule is COc1cccc(NC(C(=O)c2c(C)noc2-c2ccccc2)c2ccccc2)c1. The van der Waals surface area contributed by atoms with E-state index < -0.39 is 6.04 Å². The van der Waals surface area contributed by atoms with E-state index in [9.17, 15) is 4.79 Å². The fourth-order valence-corrected chi connectivity index (χ4v) is 3.42. The number of carbonyl (C=O) groups excluding carboxylic acids is 1. The van der Waals surface area contributed by atoms with Crippen LogP contribution < -0.4 is 10.1 Å². The molecule has 5 heteroatoms. The molecular formula is C25H22N2O3. The molecule has 1 unspecified atom stereocenters. The van der Waals surface area contributed by atoms with E-state index >= 15 is 0 Å². The van der Waals surface area contributed by atoms with Crippen LogP contribution in [0.5, 0.6) is 5.75 Å². The Hall–Kier alpha value is -3.86. The number of methoxy groups -OCH3 is 1. The van der Waals surface area contributed by atoms with Gasteiger partial charge in [-0.15, -0.1) is 0 Å². The molecule has 0 fully saturated rings. The maximum atomic E-state index is 13.8. The molecule has 0 saturated heterocycles. The number of rotatable bonds is 7. The minimum Gasteiger partial charge on any atom is -0.497 e. The van der Waals surface area contributed by atoms with E-state index in [-0.39, 0.29) is 5.78 Å². The topological polar surface area (TPSA) is 64.4 Å². The first kappa shape index (κ1) is 19.5. The monoisotopic (exact) mass is 398 g/mol. The number of aryl methyl sites for hydroxylation is 1. The highest BCUT2D eigenvalue weighted by molar-refractivity contribution is 6.07. The summed E-state index contributed by atoms with van der Waals surface area (Å²) in [6, 6.07) is 26.1. The van der Waals surface area contributed by atoms with Crippen LogP contribution in [0.2, 0.25) is 0 Å². The van der Waals surface area contributed by atoms with Crippen LogP contribution in [0.4, 0.5) is 5.69 Å². The molecule has 0 aliphatic rings. The average Bonchev–Trinajstić information content (AvgIpc) is 3.19. The largest absolute Gasteiger partial charge is 0.497 e. The second-order valence-corrected chi connectivity index (χ2v) is 6.92. The summed E-state index contributed by atoms with van der Waals surface area (Å²) in [5, 5.41) is 7.45. The third-order valence-corrected chi connectivity index (χ3v) is 4.92. The molecule has 3 aromatic carbocycles. The molecule has 0 bridgehead atoms. The van der Waals surface area contributed by atoms with Crippen LogP contribution in [-0.2, 0) is 0 Å². The number of nitrogens with one attached hydrogen (secondary N) is 1. The van der Waals surface area contributed by atoms with Gasteiger partial charge < -0.3 is 14.6 Å². The predicted octanol–water partition coefficient (Wildman–Crippen LogP) is 5.69. The number of Topliss-reactive ketones (excluding diaryl/α,β-unsaturated/α-hetero) is 1. The molecule has 150 valence electrons. The standard InChI is InChI=1S/C25H22N2O3/c1-17-22(25(30-27-17)19-12-7-4-8-13-19)24(28)23(18-10-5-3-6-11-18)26-20-14-9-15-21(16-20)29-2/h3-16,23,26H,1-2H3. The normalized spacial score (nSPS) is 11.7. The Labute approximate surface area is 175 Å². The number of hydrogen-bond donors (Lipinski definition) is 1. The Bertz CT molecular complexity index is 1140. The van der Waals surface area contributed by atoms with E-state index in [1.54, 1.807) is 14.0 Å². The van der Waals surface area contributed by atoms with Gasteiger partial charge in [0, 0.05) is 17.3 Å². The van der Waals surface area contributed by atoms with Crippen molar-refractivity contribution in [1.82, 2.24) is 5.16 Å². The van der Waals surface area contributed by atoms with E-state index in [2.05, 4.69) is 10.5 Å².